The fourth-order valence-electron chi connectivity index (χ4n) is 1.38. The molecule has 18 heavy (non-hydrogen) atoms. The van der Waals surface area contributed by atoms with E-state index in [4.69, 9.17) is 0 Å². The van der Waals surface area contributed by atoms with E-state index in [2.05, 4.69) is 15.0 Å². The number of hydrogen-bond acceptors (Lipinski definition) is 5. The molecular formula is C12H16N2O3S. The number of nitrogens with zero attached hydrogens (tertiary/aromatic N) is 1. The quantitative estimate of drug-likeness (QED) is 0.662. The molecule has 0 aliphatic heterocycles. The van der Waals surface area contributed by atoms with Gasteiger partial charge in [-0.2, -0.15) is 0 Å². The molecule has 1 heterocycles. The van der Waals surface area contributed by atoms with Crippen LogP contribution in [0.1, 0.15) is 24.2 Å². The van der Waals surface area contributed by atoms with Crippen LogP contribution in [0.3, 0.4) is 0 Å². The third-order valence-corrected chi connectivity index (χ3v) is 3.04. The van der Waals surface area contributed by atoms with Crippen LogP contribution in [0, 0.1) is 0 Å². The summed E-state index contributed by atoms with van der Waals surface area (Å²) in [5.41, 5.74) is -0.626. The van der Waals surface area contributed by atoms with Gasteiger partial charge in [0, 0.05) is 6.20 Å². The van der Waals surface area contributed by atoms with Crippen molar-refractivity contribution < 1.29 is 14.3 Å². The van der Waals surface area contributed by atoms with E-state index in [1.807, 2.05) is 6.26 Å². The highest BCUT2D eigenvalue weighted by Crippen LogP contribution is 2.17. The zero-order valence-electron chi connectivity index (χ0n) is 10.8. The fraction of sp³-hybridized carbons (Fsp3) is 0.417. The fourth-order valence-corrected chi connectivity index (χ4v) is 1.93. The number of rotatable bonds is 4. The molecule has 0 fully saturated rings. The van der Waals surface area contributed by atoms with Gasteiger partial charge in [-0.3, -0.25) is 4.79 Å². The summed E-state index contributed by atoms with van der Waals surface area (Å²) in [6.45, 7) is 3.18. The van der Waals surface area contributed by atoms with Crippen LogP contribution in [-0.4, -0.2) is 35.8 Å². The number of thioether (sulfide) groups is 1. The number of aromatic nitrogens is 1. The molecule has 98 valence electrons. The second kappa shape index (κ2) is 5.86. The molecule has 1 amide bonds. The first kappa shape index (κ1) is 14.5. The van der Waals surface area contributed by atoms with Gasteiger partial charge in [-0.25, -0.2) is 9.78 Å². The van der Waals surface area contributed by atoms with E-state index in [0.29, 0.717) is 10.6 Å². The van der Waals surface area contributed by atoms with Gasteiger partial charge < -0.3 is 10.1 Å². The highest BCUT2D eigenvalue weighted by Gasteiger charge is 2.31. The van der Waals surface area contributed by atoms with Crippen LogP contribution in [0.25, 0.3) is 0 Å². The maximum absolute atomic E-state index is 12.1. The molecule has 1 aromatic heterocycles. The van der Waals surface area contributed by atoms with Gasteiger partial charge in [0.15, 0.2) is 0 Å². The second-order valence-corrected chi connectivity index (χ2v) is 4.93. The maximum Gasteiger partial charge on any atom is 0.330 e. The lowest BCUT2D eigenvalue weighted by atomic mass is 10.1. The van der Waals surface area contributed by atoms with Crippen molar-refractivity contribution in [2.45, 2.75) is 24.4 Å². The lowest BCUT2D eigenvalue weighted by Crippen LogP contribution is -2.50. The first-order chi connectivity index (χ1) is 8.42. The van der Waals surface area contributed by atoms with Crippen molar-refractivity contribution in [1.82, 2.24) is 10.3 Å². The average molecular weight is 268 g/mol. The number of carbonyl (C=O) groups excluding carboxylic acids is 2. The van der Waals surface area contributed by atoms with E-state index in [1.165, 1.54) is 18.9 Å². The Bertz CT molecular complexity index is 460. The minimum absolute atomic E-state index is 0.345. The molecule has 0 bridgehead atoms. The molecule has 0 aliphatic carbocycles. The molecule has 0 aliphatic rings. The Morgan fingerprint density at radius 1 is 1.44 bits per heavy atom. The average Bonchev–Trinajstić information content (AvgIpc) is 2.36. The number of methoxy groups -OCH3 is 1. The lowest BCUT2D eigenvalue weighted by Gasteiger charge is -2.23. The molecule has 1 aromatic rings. The van der Waals surface area contributed by atoms with Crippen molar-refractivity contribution in [3.05, 3.63) is 23.9 Å². The number of pyridine rings is 1. The minimum atomic E-state index is -1.07. The van der Waals surface area contributed by atoms with Crippen molar-refractivity contribution in [2.24, 2.45) is 0 Å². The molecule has 5 nitrogen and oxygen atoms in total. The molecule has 0 atom stereocenters. The molecule has 1 rings (SSSR count). The van der Waals surface area contributed by atoms with Gasteiger partial charge >= 0.3 is 5.97 Å². The SMILES string of the molecule is COC(=O)C(C)(C)NC(=O)c1cccnc1SC. The Morgan fingerprint density at radius 2 is 2.11 bits per heavy atom. The number of amides is 1. The van der Waals surface area contributed by atoms with Gasteiger partial charge in [0.1, 0.15) is 10.6 Å². The Labute approximate surface area is 110 Å². The molecule has 0 saturated heterocycles. The van der Waals surface area contributed by atoms with Crippen LogP contribution < -0.4 is 5.32 Å². The van der Waals surface area contributed by atoms with Crippen molar-refractivity contribution >= 4 is 23.6 Å². The number of nitrogens with one attached hydrogen (secondary N) is 1. The van der Waals surface area contributed by atoms with Gasteiger partial charge in [0.2, 0.25) is 0 Å². The molecule has 0 saturated carbocycles. The van der Waals surface area contributed by atoms with Gasteiger partial charge in [-0.05, 0) is 32.2 Å². The van der Waals surface area contributed by atoms with Gasteiger partial charge in [0.25, 0.3) is 5.91 Å². The van der Waals surface area contributed by atoms with Crippen LogP contribution in [-0.2, 0) is 9.53 Å². The summed E-state index contributed by atoms with van der Waals surface area (Å²) in [5.74, 6) is -0.840. The van der Waals surface area contributed by atoms with Gasteiger partial charge in [0.05, 0.1) is 12.7 Å². The Balaban J connectivity index is 2.92. The zero-order valence-corrected chi connectivity index (χ0v) is 11.6. The van der Waals surface area contributed by atoms with Crippen molar-refractivity contribution in [2.75, 3.05) is 13.4 Å². The Hall–Kier alpha value is -1.56. The van der Waals surface area contributed by atoms with E-state index in [1.54, 1.807) is 32.2 Å². The highest BCUT2D eigenvalue weighted by molar-refractivity contribution is 7.98. The summed E-state index contributed by atoms with van der Waals surface area (Å²) in [5, 5.41) is 3.25. The van der Waals surface area contributed by atoms with E-state index < -0.39 is 11.5 Å². The zero-order chi connectivity index (χ0) is 13.8. The molecule has 0 aromatic carbocycles. The van der Waals surface area contributed by atoms with Crippen LogP contribution in [0.5, 0.6) is 0 Å². The smallest absolute Gasteiger partial charge is 0.330 e. The maximum atomic E-state index is 12.1. The van der Waals surface area contributed by atoms with E-state index >= 15 is 0 Å². The van der Waals surface area contributed by atoms with Crippen LogP contribution >= 0.6 is 11.8 Å². The molecule has 1 N–H and O–H groups in total. The summed E-state index contributed by atoms with van der Waals surface area (Å²) >= 11 is 1.38. The minimum Gasteiger partial charge on any atom is -0.467 e. The highest BCUT2D eigenvalue weighted by atomic mass is 32.2. The number of carbonyl (C=O) groups is 2. The van der Waals surface area contributed by atoms with Gasteiger partial charge in [-0.1, -0.05) is 0 Å². The number of ether oxygens (including phenoxy) is 1. The largest absolute Gasteiger partial charge is 0.467 e. The second-order valence-electron chi connectivity index (χ2n) is 4.13. The van der Waals surface area contributed by atoms with Gasteiger partial charge in [-0.15, -0.1) is 11.8 Å². The number of hydrogen-bond donors (Lipinski definition) is 1. The standard InChI is InChI=1S/C12H16N2O3S/c1-12(2,11(16)17-3)14-9(15)8-6-5-7-13-10(8)18-4/h5-7H,1-4H3,(H,14,15). The normalized spacial score (nSPS) is 10.9. The Kier molecular flexibility index (Phi) is 4.72. The summed E-state index contributed by atoms with van der Waals surface area (Å²) in [6, 6.07) is 3.35. The lowest BCUT2D eigenvalue weighted by molar-refractivity contribution is -0.146. The van der Waals surface area contributed by atoms with E-state index in [0.717, 1.165) is 0 Å². The Morgan fingerprint density at radius 3 is 2.67 bits per heavy atom. The molecular weight excluding hydrogens is 252 g/mol. The summed E-state index contributed by atoms with van der Waals surface area (Å²) < 4.78 is 4.63. The number of esters is 1. The van der Waals surface area contributed by atoms with Crippen molar-refractivity contribution in [3.8, 4) is 0 Å². The van der Waals surface area contributed by atoms with E-state index in [9.17, 15) is 9.59 Å². The van der Waals surface area contributed by atoms with Crippen molar-refractivity contribution in [1.29, 1.82) is 0 Å². The first-order valence-corrected chi connectivity index (χ1v) is 6.54. The third kappa shape index (κ3) is 3.22. The molecule has 6 heteroatoms. The van der Waals surface area contributed by atoms with E-state index in [-0.39, 0.29) is 5.91 Å². The molecule has 0 radical (unpaired) electrons. The van der Waals surface area contributed by atoms with Crippen LogP contribution in [0.2, 0.25) is 0 Å². The summed E-state index contributed by atoms with van der Waals surface area (Å²) in [7, 11) is 1.29. The predicted octanol–water partition coefficient (Wildman–Crippen LogP) is 1.48. The molecule has 0 unspecified atom stereocenters. The summed E-state index contributed by atoms with van der Waals surface area (Å²) in [4.78, 5) is 27.7. The third-order valence-electron chi connectivity index (χ3n) is 2.33. The monoisotopic (exact) mass is 268 g/mol. The first-order valence-electron chi connectivity index (χ1n) is 5.32. The molecule has 0 spiro atoms. The van der Waals surface area contributed by atoms with Crippen molar-refractivity contribution in [3.63, 3.8) is 0 Å². The van der Waals surface area contributed by atoms with Crippen LogP contribution in [0.15, 0.2) is 23.4 Å². The summed E-state index contributed by atoms with van der Waals surface area (Å²) in [6.07, 6.45) is 3.46. The topological polar surface area (TPSA) is 68.3 Å². The predicted molar refractivity (Wildman–Crippen MR) is 69.6 cm³/mol. The van der Waals surface area contributed by atoms with Crippen LogP contribution in [0.4, 0.5) is 0 Å².